The van der Waals surface area contributed by atoms with Gasteiger partial charge in [-0.1, -0.05) is 20.8 Å². The molecule has 0 aliphatic heterocycles. The number of benzene rings is 1. The zero-order chi connectivity index (χ0) is 16.5. The highest BCUT2D eigenvalue weighted by molar-refractivity contribution is 5.98. The first kappa shape index (κ1) is 15.8. The van der Waals surface area contributed by atoms with Gasteiger partial charge in [0.25, 0.3) is 0 Å². The van der Waals surface area contributed by atoms with Crippen LogP contribution in [-0.2, 0) is 9.59 Å². The molecule has 0 saturated carbocycles. The highest BCUT2D eigenvalue weighted by Crippen LogP contribution is 2.15. The van der Waals surface area contributed by atoms with Crippen molar-refractivity contribution in [3.8, 4) is 0 Å². The minimum Gasteiger partial charge on any atom is -0.344 e. The third-order valence-electron chi connectivity index (χ3n) is 3.21. The lowest BCUT2D eigenvalue weighted by molar-refractivity contribution is -0.131. The maximum Gasteiger partial charge on any atom is 0.323 e. The van der Waals surface area contributed by atoms with E-state index >= 15 is 0 Å². The molecule has 0 saturated heterocycles. The highest BCUT2D eigenvalue weighted by Gasteiger charge is 2.25. The Kier molecular flexibility index (Phi) is 4.07. The smallest absolute Gasteiger partial charge is 0.323 e. The lowest BCUT2D eigenvalue weighted by Gasteiger charge is -2.21. The van der Waals surface area contributed by atoms with E-state index in [9.17, 15) is 14.4 Å². The molecule has 7 heteroatoms. The zero-order valence-electron chi connectivity index (χ0n) is 13.0. The van der Waals surface area contributed by atoms with Crippen molar-refractivity contribution >= 4 is 28.5 Å². The second kappa shape index (κ2) is 5.67. The van der Waals surface area contributed by atoms with Gasteiger partial charge >= 0.3 is 5.69 Å². The Labute approximate surface area is 127 Å². The van der Waals surface area contributed by atoms with Crippen LogP contribution in [0.2, 0.25) is 0 Å². The molecule has 118 valence electrons. The van der Waals surface area contributed by atoms with Gasteiger partial charge in [-0.05, 0) is 25.1 Å². The number of H-pyrrole nitrogens is 2. The van der Waals surface area contributed by atoms with Crippen LogP contribution in [0.15, 0.2) is 23.0 Å². The fraction of sp³-hybridized carbons (Fsp3) is 0.400. The van der Waals surface area contributed by atoms with Crippen LogP contribution in [-0.4, -0.2) is 27.8 Å². The summed E-state index contributed by atoms with van der Waals surface area (Å²) in [5.41, 5.74) is 0.957. The molecule has 7 nitrogen and oxygen atoms in total. The van der Waals surface area contributed by atoms with Gasteiger partial charge in [-0.25, -0.2) is 4.79 Å². The summed E-state index contributed by atoms with van der Waals surface area (Å²) in [7, 11) is 0. The van der Waals surface area contributed by atoms with Crippen LogP contribution < -0.4 is 16.3 Å². The van der Waals surface area contributed by atoms with E-state index in [1.807, 2.05) is 0 Å². The highest BCUT2D eigenvalue weighted by atomic mass is 16.2. The number of hydrogen-bond donors (Lipinski definition) is 4. The molecule has 0 fully saturated rings. The lowest BCUT2D eigenvalue weighted by atomic mass is 9.95. The Bertz CT molecular complexity index is 767. The molecule has 2 amide bonds. The van der Waals surface area contributed by atoms with Crippen LogP contribution in [0, 0.1) is 5.41 Å². The SMILES string of the molecule is CC(NC(=O)C(C)(C)C)C(=O)Nc1ccc2[nH]c(=O)[nH]c2c1. The molecule has 0 spiro atoms. The van der Waals surface area contributed by atoms with Gasteiger partial charge in [0.1, 0.15) is 6.04 Å². The number of carbonyl (C=O) groups excluding carboxylic acids is 2. The summed E-state index contributed by atoms with van der Waals surface area (Å²) in [6.07, 6.45) is 0. The normalized spacial score (nSPS) is 12.9. The molecular formula is C15H20N4O3. The molecular weight excluding hydrogens is 284 g/mol. The van der Waals surface area contributed by atoms with Crippen molar-refractivity contribution in [2.45, 2.75) is 33.7 Å². The number of carbonyl (C=O) groups is 2. The summed E-state index contributed by atoms with van der Waals surface area (Å²) in [6.45, 7) is 6.96. The average molecular weight is 304 g/mol. The van der Waals surface area contributed by atoms with Crippen molar-refractivity contribution < 1.29 is 9.59 Å². The molecule has 1 unspecified atom stereocenters. The van der Waals surface area contributed by atoms with Gasteiger partial charge in [0.2, 0.25) is 11.8 Å². The summed E-state index contributed by atoms with van der Waals surface area (Å²) < 4.78 is 0. The number of fused-ring (bicyclic) bond motifs is 1. The molecule has 4 N–H and O–H groups in total. The topological polar surface area (TPSA) is 107 Å². The quantitative estimate of drug-likeness (QED) is 0.687. The molecule has 1 atom stereocenters. The first-order chi connectivity index (χ1) is 10.2. The van der Waals surface area contributed by atoms with E-state index in [0.29, 0.717) is 16.7 Å². The van der Waals surface area contributed by atoms with E-state index in [4.69, 9.17) is 0 Å². The molecule has 2 rings (SSSR count). The number of aromatic nitrogens is 2. The van der Waals surface area contributed by atoms with E-state index in [-0.39, 0.29) is 17.5 Å². The van der Waals surface area contributed by atoms with Gasteiger partial charge in [0, 0.05) is 11.1 Å². The summed E-state index contributed by atoms with van der Waals surface area (Å²) in [5, 5.41) is 5.38. The van der Waals surface area contributed by atoms with Crippen molar-refractivity contribution in [2.75, 3.05) is 5.32 Å². The van der Waals surface area contributed by atoms with Crippen LogP contribution >= 0.6 is 0 Å². The molecule has 0 radical (unpaired) electrons. The molecule has 0 aliphatic carbocycles. The largest absolute Gasteiger partial charge is 0.344 e. The van der Waals surface area contributed by atoms with Crippen molar-refractivity contribution in [3.05, 3.63) is 28.7 Å². The first-order valence-electron chi connectivity index (χ1n) is 7.01. The fourth-order valence-corrected chi connectivity index (χ4v) is 1.84. The summed E-state index contributed by atoms with van der Waals surface area (Å²) in [4.78, 5) is 40.4. The fourth-order valence-electron chi connectivity index (χ4n) is 1.84. The Balaban J connectivity index is 2.06. The summed E-state index contributed by atoms with van der Waals surface area (Å²) in [6, 6.07) is 4.38. The van der Waals surface area contributed by atoms with Gasteiger partial charge in [-0.2, -0.15) is 0 Å². The van der Waals surface area contributed by atoms with Crippen LogP contribution in [0.3, 0.4) is 0 Å². The summed E-state index contributed by atoms with van der Waals surface area (Å²) in [5.74, 6) is -0.518. The first-order valence-corrected chi connectivity index (χ1v) is 7.01. The van der Waals surface area contributed by atoms with Crippen molar-refractivity contribution in [3.63, 3.8) is 0 Å². The molecule has 1 aromatic heterocycles. The molecule has 1 aromatic carbocycles. The van der Waals surface area contributed by atoms with Crippen molar-refractivity contribution in [1.82, 2.24) is 15.3 Å². The molecule has 22 heavy (non-hydrogen) atoms. The molecule has 2 aromatic rings. The summed E-state index contributed by atoms with van der Waals surface area (Å²) >= 11 is 0. The third-order valence-corrected chi connectivity index (χ3v) is 3.21. The van der Waals surface area contributed by atoms with Gasteiger partial charge in [0.05, 0.1) is 11.0 Å². The molecule has 1 heterocycles. The Morgan fingerprint density at radius 2 is 1.77 bits per heavy atom. The molecule has 0 bridgehead atoms. The van der Waals surface area contributed by atoms with Gasteiger partial charge in [-0.15, -0.1) is 0 Å². The number of imidazole rings is 1. The standard InChI is InChI=1S/C15H20N4O3/c1-8(16-13(21)15(2,3)4)12(20)17-9-5-6-10-11(7-9)19-14(22)18-10/h5-8H,1-4H3,(H,16,21)(H,17,20)(H2,18,19,22). The van der Waals surface area contributed by atoms with E-state index < -0.39 is 11.5 Å². The van der Waals surface area contributed by atoms with Gasteiger partial charge in [-0.3, -0.25) is 9.59 Å². The van der Waals surface area contributed by atoms with Crippen LogP contribution in [0.5, 0.6) is 0 Å². The van der Waals surface area contributed by atoms with E-state index in [1.165, 1.54) is 0 Å². The van der Waals surface area contributed by atoms with Crippen LogP contribution in [0.25, 0.3) is 11.0 Å². The van der Waals surface area contributed by atoms with Gasteiger partial charge in [0.15, 0.2) is 0 Å². The predicted molar refractivity (Wildman–Crippen MR) is 84.6 cm³/mol. The average Bonchev–Trinajstić information content (AvgIpc) is 2.76. The Morgan fingerprint density at radius 3 is 2.41 bits per heavy atom. The minimum atomic E-state index is -0.660. The number of aromatic amines is 2. The number of hydrogen-bond acceptors (Lipinski definition) is 3. The number of amides is 2. The van der Waals surface area contributed by atoms with Crippen LogP contribution in [0.1, 0.15) is 27.7 Å². The Morgan fingerprint density at radius 1 is 1.14 bits per heavy atom. The Hall–Kier alpha value is -2.57. The minimum absolute atomic E-state index is 0.194. The predicted octanol–water partition coefficient (Wildman–Crippen LogP) is 1.35. The van der Waals surface area contributed by atoms with Gasteiger partial charge < -0.3 is 20.6 Å². The maximum absolute atomic E-state index is 12.1. The van der Waals surface area contributed by atoms with E-state index in [0.717, 1.165) is 0 Å². The maximum atomic E-state index is 12.1. The second-order valence-electron chi connectivity index (χ2n) is 6.27. The van der Waals surface area contributed by atoms with Crippen LogP contribution in [0.4, 0.5) is 5.69 Å². The lowest BCUT2D eigenvalue weighted by Crippen LogP contribution is -2.46. The number of nitrogens with one attached hydrogen (secondary N) is 4. The number of rotatable bonds is 3. The van der Waals surface area contributed by atoms with E-state index in [1.54, 1.807) is 45.9 Å². The number of anilines is 1. The van der Waals surface area contributed by atoms with E-state index in [2.05, 4.69) is 20.6 Å². The zero-order valence-corrected chi connectivity index (χ0v) is 13.0. The van der Waals surface area contributed by atoms with Crippen molar-refractivity contribution in [1.29, 1.82) is 0 Å². The molecule has 0 aliphatic rings. The monoisotopic (exact) mass is 304 g/mol. The third kappa shape index (κ3) is 3.55. The second-order valence-corrected chi connectivity index (χ2v) is 6.27. The van der Waals surface area contributed by atoms with Crippen molar-refractivity contribution in [2.24, 2.45) is 5.41 Å².